The van der Waals surface area contributed by atoms with Crippen LogP contribution < -0.4 is 5.43 Å². The van der Waals surface area contributed by atoms with Gasteiger partial charge in [0.25, 0.3) is 5.91 Å². The van der Waals surface area contributed by atoms with Gasteiger partial charge in [-0.3, -0.25) is 9.36 Å². The van der Waals surface area contributed by atoms with Crippen molar-refractivity contribution in [2.75, 3.05) is 5.75 Å². The monoisotopic (exact) mass is 525 g/mol. The minimum atomic E-state index is -0.279. The predicted octanol–water partition coefficient (Wildman–Crippen LogP) is 5.97. The summed E-state index contributed by atoms with van der Waals surface area (Å²) >= 11 is 13.4. The first-order valence-electron chi connectivity index (χ1n) is 10.7. The van der Waals surface area contributed by atoms with Crippen LogP contribution >= 0.6 is 35.0 Å². The minimum Gasteiger partial charge on any atom is -0.508 e. The smallest absolute Gasteiger partial charge is 0.250 e. The van der Waals surface area contributed by atoms with Gasteiger partial charge >= 0.3 is 0 Å². The molecule has 0 radical (unpaired) electrons. The molecule has 0 aliphatic heterocycles. The number of carbonyl (C=O) groups excluding carboxylic acids is 1. The molecule has 0 fully saturated rings. The number of phenolic OH excluding ortho intramolecular Hbond substituents is 1. The number of hydrazone groups is 1. The van der Waals surface area contributed by atoms with E-state index in [0.717, 1.165) is 16.8 Å². The Balaban J connectivity index is 1.53. The van der Waals surface area contributed by atoms with E-state index in [1.54, 1.807) is 48.5 Å². The molecule has 2 N–H and O–H groups in total. The van der Waals surface area contributed by atoms with Gasteiger partial charge in [0, 0.05) is 21.3 Å². The number of hydrogen-bond donors (Lipinski definition) is 2. The summed E-state index contributed by atoms with van der Waals surface area (Å²) in [6.45, 7) is 1.94. The van der Waals surface area contributed by atoms with E-state index in [4.69, 9.17) is 23.2 Å². The van der Waals surface area contributed by atoms with Gasteiger partial charge in [-0.15, -0.1) is 10.2 Å². The van der Waals surface area contributed by atoms with Crippen molar-refractivity contribution in [3.8, 4) is 22.8 Å². The molecule has 3 aromatic carbocycles. The first-order valence-corrected chi connectivity index (χ1v) is 12.4. The lowest BCUT2D eigenvalue weighted by molar-refractivity contribution is -0.118. The molecule has 1 amide bonds. The van der Waals surface area contributed by atoms with Crippen LogP contribution in [-0.4, -0.2) is 37.2 Å². The van der Waals surface area contributed by atoms with Gasteiger partial charge in [-0.2, -0.15) is 5.10 Å². The highest BCUT2D eigenvalue weighted by Gasteiger charge is 2.17. The number of halogens is 2. The van der Waals surface area contributed by atoms with E-state index >= 15 is 0 Å². The molecule has 1 aromatic heterocycles. The Morgan fingerprint density at radius 3 is 2.23 bits per heavy atom. The summed E-state index contributed by atoms with van der Waals surface area (Å²) < 4.78 is 1.87. The Bertz CT molecular complexity index is 1340. The van der Waals surface area contributed by atoms with Crippen LogP contribution in [0.2, 0.25) is 10.0 Å². The summed E-state index contributed by atoms with van der Waals surface area (Å²) in [7, 11) is 0. The zero-order valence-corrected chi connectivity index (χ0v) is 21.0. The molecule has 0 saturated heterocycles. The Kier molecular flexibility index (Phi) is 8.07. The summed E-state index contributed by atoms with van der Waals surface area (Å²) in [5.41, 5.74) is 5.78. The van der Waals surface area contributed by atoms with Gasteiger partial charge in [0.05, 0.1) is 11.5 Å². The van der Waals surface area contributed by atoms with E-state index in [1.165, 1.54) is 11.8 Å². The summed E-state index contributed by atoms with van der Waals surface area (Å²) in [5.74, 6) is 0.596. The molecule has 0 aliphatic rings. The highest BCUT2D eigenvalue weighted by Crippen LogP contribution is 2.29. The molecular formula is C25H21Cl2N5O2S. The van der Waals surface area contributed by atoms with Crippen LogP contribution in [0.5, 0.6) is 5.75 Å². The Labute approximate surface area is 216 Å². The highest BCUT2D eigenvalue weighted by atomic mass is 35.5. The van der Waals surface area contributed by atoms with Crippen molar-refractivity contribution >= 4 is 46.6 Å². The number of benzene rings is 3. The third-order valence-electron chi connectivity index (χ3n) is 5.00. The largest absolute Gasteiger partial charge is 0.508 e. The Hall–Kier alpha value is -3.33. The fraction of sp³-hybridized carbons (Fsp3) is 0.120. The Morgan fingerprint density at radius 1 is 0.971 bits per heavy atom. The van der Waals surface area contributed by atoms with Crippen LogP contribution in [0.4, 0.5) is 0 Å². The van der Waals surface area contributed by atoms with Crippen LogP contribution in [0.25, 0.3) is 17.1 Å². The lowest BCUT2D eigenvalue weighted by Gasteiger charge is -2.10. The molecular weight excluding hydrogens is 505 g/mol. The molecule has 35 heavy (non-hydrogen) atoms. The quantitative estimate of drug-likeness (QED) is 0.168. The SMILES string of the molecule is CC/C(=N\NC(=O)CSc1nnc(-c2ccc(Cl)cc2)n1-c1ccc(Cl)cc1)c1ccc(O)cc1. The number of thioether (sulfide) groups is 1. The maximum absolute atomic E-state index is 12.6. The zero-order chi connectivity index (χ0) is 24.8. The van der Waals surface area contributed by atoms with Crippen LogP contribution in [0.3, 0.4) is 0 Å². The first kappa shape index (κ1) is 24.8. The first-order chi connectivity index (χ1) is 16.9. The van der Waals surface area contributed by atoms with Gasteiger partial charge in [-0.05, 0) is 84.8 Å². The number of aromatic nitrogens is 3. The van der Waals surface area contributed by atoms with Crippen molar-refractivity contribution in [1.82, 2.24) is 20.2 Å². The maximum atomic E-state index is 12.6. The van der Waals surface area contributed by atoms with E-state index in [0.29, 0.717) is 33.2 Å². The summed E-state index contributed by atoms with van der Waals surface area (Å²) in [4.78, 5) is 12.6. The van der Waals surface area contributed by atoms with Gasteiger partial charge < -0.3 is 5.11 Å². The van der Waals surface area contributed by atoms with Crippen LogP contribution in [0, 0.1) is 0 Å². The third-order valence-corrected chi connectivity index (χ3v) is 6.44. The van der Waals surface area contributed by atoms with Gasteiger partial charge in [-0.25, -0.2) is 5.43 Å². The molecule has 0 saturated carbocycles. The molecule has 1 heterocycles. The number of aromatic hydroxyl groups is 1. The Morgan fingerprint density at radius 2 is 1.60 bits per heavy atom. The number of rotatable bonds is 8. The topological polar surface area (TPSA) is 92.4 Å². The molecule has 0 unspecified atom stereocenters. The van der Waals surface area contributed by atoms with Crippen LogP contribution in [0.1, 0.15) is 18.9 Å². The van der Waals surface area contributed by atoms with Crippen LogP contribution in [0.15, 0.2) is 83.1 Å². The van der Waals surface area contributed by atoms with Gasteiger partial charge in [-0.1, -0.05) is 41.9 Å². The maximum Gasteiger partial charge on any atom is 0.250 e. The second kappa shape index (κ2) is 11.4. The average molecular weight is 526 g/mol. The zero-order valence-electron chi connectivity index (χ0n) is 18.7. The molecule has 4 aromatic rings. The molecule has 0 aliphatic carbocycles. The van der Waals surface area contributed by atoms with E-state index in [2.05, 4.69) is 20.7 Å². The summed E-state index contributed by atoms with van der Waals surface area (Å²) in [6.07, 6.45) is 0.619. The molecule has 0 bridgehead atoms. The molecule has 7 nitrogen and oxygen atoms in total. The lowest BCUT2D eigenvalue weighted by atomic mass is 10.1. The summed E-state index contributed by atoms with van der Waals surface area (Å²) in [6, 6.07) is 21.3. The van der Waals surface area contributed by atoms with Gasteiger partial charge in [0.1, 0.15) is 5.75 Å². The molecule has 10 heteroatoms. The summed E-state index contributed by atoms with van der Waals surface area (Å²) in [5, 5.41) is 24.2. The molecule has 0 atom stereocenters. The fourth-order valence-electron chi connectivity index (χ4n) is 3.27. The minimum absolute atomic E-state index is 0.0857. The molecule has 4 rings (SSSR count). The number of nitrogens with zero attached hydrogens (tertiary/aromatic N) is 4. The molecule has 178 valence electrons. The third kappa shape index (κ3) is 6.22. The predicted molar refractivity (Wildman–Crippen MR) is 141 cm³/mol. The van der Waals surface area contributed by atoms with Gasteiger partial charge in [0.2, 0.25) is 0 Å². The number of carbonyl (C=O) groups is 1. The van der Waals surface area contributed by atoms with E-state index in [1.807, 2.05) is 35.8 Å². The number of phenols is 1. The second-order valence-corrected chi connectivity index (χ2v) is 9.22. The second-order valence-electron chi connectivity index (χ2n) is 7.41. The van der Waals surface area contributed by atoms with Crippen molar-refractivity contribution < 1.29 is 9.90 Å². The number of nitrogens with one attached hydrogen (secondary N) is 1. The van der Waals surface area contributed by atoms with E-state index in [-0.39, 0.29) is 17.4 Å². The highest BCUT2D eigenvalue weighted by molar-refractivity contribution is 7.99. The van der Waals surface area contributed by atoms with E-state index < -0.39 is 0 Å². The van der Waals surface area contributed by atoms with Gasteiger partial charge in [0.15, 0.2) is 11.0 Å². The average Bonchev–Trinajstić information content (AvgIpc) is 3.29. The normalized spacial score (nSPS) is 11.5. The van der Waals surface area contributed by atoms with Crippen LogP contribution in [-0.2, 0) is 4.79 Å². The standard InChI is InChI=1S/C25H21Cl2N5O2S/c1-2-22(16-5-13-21(33)14-6-16)28-29-23(34)15-35-25-31-30-24(17-3-7-18(26)8-4-17)32(25)20-11-9-19(27)10-12-20/h3-14,33H,2,15H2,1H3,(H,29,34)/b28-22+. The number of hydrogen-bond acceptors (Lipinski definition) is 6. The lowest BCUT2D eigenvalue weighted by Crippen LogP contribution is -2.22. The van der Waals surface area contributed by atoms with Crippen molar-refractivity contribution in [3.05, 3.63) is 88.4 Å². The van der Waals surface area contributed by atoms with Crippen molar-refractivity contribution in [2.45, 2.75) is 18.5 Å². The molecule has 0 spiro atoms. The fourth-order valence-corrected chi connectivity index (χ4v) is 4.26. The number of amides is 1. The van der Waals surface area contributed by atoms with Crippen molar-refractivity contribution in [2.24, 2.45) is 5.10 Å². The van der Waals surface area contributed by atoms with Crippen molar-refractivity contribution in [1.29, 1.82) is 0 Å². The van der Waals surface area contributed by atoms with Crippen molar-refractivity contribution in [3.63, 3.8) is 0 Å². The van der Waals surface area contributed by atoms with E-state index in [9.17, 15) is 9.90 Å².